The molecule has 0 unspecified atom stereocenters. The average Bonchev–Trinajstić information content (AvgIpc) is 2.33. The number of nitrogens with two attached hydrogens (primary N) is 1. The summed E-state index contributed by atoms with van der Waals surface area (Å²) < 4.78 is 11.9. The topological polar surface area (TPSA) is 73.6 Å². The Balaban J connectivity index is 2.49. The molecule has 0 spiro atoms. The summed E-state index contributed by atoms with van der Waals surface area (Å²) >= 11 is 6.94. The molecule has 3 N–H and O–H groups in total. The molecule has 0 aliphatic carbocycles. The van der Waals surface area contributed by atoms with Crippen LogP contribution in [0.3, 0.4) is 0 Å². The first-order valence-corrected chi connectivity index (χ1v) is 7.36. The zero-order valence-electron chi connectivity index (χ0n) is 10.5. The van der Waals surface area contributed by atoms with Crippen molar-refractivity contribution in [2.24, 2.45) is 5.73 Å². The normalized spacial score (nSPS) is 10.3. The fourth-order valence-corrected chi connectivity index (χ4v) is 2.96. The van der Waals surface area contributed by atoms with E-state index in [1.165, 1.54) is 0 Å². The van der Waals surface area contributed by atoms with E-state index in [-0.39, 0.29) is 6.61 Å². The van der Waals surface area contributed by atoms with Crippen molar-refractivity contribution in [1.82, 2.24) is 5.32 Å². The van der Waals surface area contributed by atoms with Gasteiger partial charge in [0.15, 0.2) is 0 Å². The van der Waals surface area contributed by atoms with E-state index >= 15 is 0 Å². The van der Waals surface area contributed by atoms with Gasteiger partial charge >= 0.3 is 6.09 Å². The van der Waals surface area contributed by atoms with Gasteiger partial charge in [0.2, 0.25) is 0 Å². The lowest BCUT2D eigenvalue weighted by Crippen LogP contribution is -2.23. The standard InChI is InChI=1S/C12H16Br2N2O3/c1-2-18-11-9(13)5-8(6-10(11)14)7-16-3-4-19-12(15)17/h5-6,16H,2-4,7H2,1H3,(H2,15,17). The summed E-state index contributed by atoms with van der Waals surface area (Å²) in [4.78, 5) is 10.4. The number of carbonyl (C=O) groups excluding carboxylic acids is 1. The maximum absolute atomic E-state index is 10.4. The molecule has 5 nitrogen and oxygen atoms in total. The third-order valence-corrected chi connectivity index (χ3v) is 3.38. The highest BCUT2D eigenvalue weighted by Crippen LogP contribution is 2.34. The van der Waals surface area contributed by atoms with Gasteiger partial charge in [-0.25, -0.2) is 4.79 Å². The molecule has 0 radical (unpaired) electrons. The van der Waals surface area contributed by atoms with E-state index in [4.69, 9.17) is 10.5 Å². The van der Waals surface area contributed by atoms with Crippen molar-refractivity contribution in [3.8, 4) is 5.75 Å². The fourth-order valence-electron chi connectivity index (χ4n) is 1.45. The fraction of sp³-hybridized carbons (Fsp3) is 0.417. The Morgan fingerprint density at radius 1 is 1.37 bits per heavy atom. The van der Waals surface area contributed by atoms with Crippen LogP contribution in [0.1, 0.15) is 12.5 Å². The van der Waals surface area contributed by atoms with Gasteiger partial charge in [-0.3, -0.25) is 0 Å². The first kappa shape index (κ1) is 16.3. The number of rotatable bonds is 7. The molecule has 1 aromatic rings. The Hall–Kier alpha value is -0.790. The van der Waals surface area contributed by atoms with Crippen LogP contribution < -0.4 is 15.8 Å². The molecule has 0 atom stereocenters. The minimum Gasteiger partial charge on any atom is -0.492 e. The van der Waals surface area contributed by atoms with E-state index in [9.17, 15) is 4.79 Å². The van der Waals surface area contributed by atoms with Gasteiger partial charge in [0.1, 0.15) is 12.4 Å². The van der Waals surface area contributed by atoms with Crippen molar-refractivity contribution in [2.45, 2.75) is 13.5 Å². The Labute approximate surface area is 129 Å². The highest BCUT2D eigenvalue weighted by atomic mass is 79.9. The predicted octanol–water partition coefficient (Wildman–Crippen LogP) is 2.80. The first-order chi connectivity index (χ1) is 9.04. The summed E-state index contributed by atoms with van der Waals surface area (Å²) in [6.45, 7) is 4.01. The van der Waals surface area contributed by atoms with Crippen LogP contribution in [0.4, 0.5) is 4.79 Å². The monoisotopic (exact) mass is 394 g/mol. The summed E-state index contributed by atoms with van der Waals surface area (Å²) in [7, 11) is 0. The summed E-state index contributed by atoms with van der Waals surface area (Å²) in [6.07, 6.45) is -0.756. The van der Waals surface area contributed by atoms with Gasteiger partial charge in [0.05, 0.1) is 15.6 Å². The maximum atomic E-state index is 10.4. The molecule has 1 rings (SSSR count). The number of halogens is 2. The van der Waals surface area contributed by atoms with Gasteiger partial charge in [-0.2, -0.15) is 0 Å². The maximum Gasteiger partial charge on any atom is 0.404 e. The molecular formula is C12H16Br2N2O3. The number of nitrogens with one attached hydrogen (secondary N) is 1. The summed E-state index contributed by atoms with van der Waals surface area (Å²) in [6, 6.07) is 3.97. The van der Waals surface area contributed by atoms with Crippen molar-refractivity contribution >= 4 is 38.0 Å². The van der Waals surface area contributed by atoms with Gasteiger partial charge in [0.25, 0.3) is 0 Å². The molecule has 0 saturated heterocycles. The molecular weight excluding hydrogens is 380 g/mol. The van der Waals surface area contributed by atoms with Crippen molar-refractivity contribution in [1.29, 1.82) is 0 Å². The van der Waals surface area contributed by atoms with E-state index in [0.29, 0.717) is 19.7 Å². The minimum atomic E-state index is -0.756. The van der Waals surface area contributed by atoms with E-state index in [1.54, 1.807) is 0 Å². The van der Waals surface area contributed by atoms with E-state index in [0.717, 1.165) is 20.3 Å². The molecule has 0 bridgehead atoms. The van der Waals surface area contributed by atoms with Crippen LogP contribution in [0.25, 0.3) is 0 Å². The average molecular weight is 396 g/mol. The molecule has 1 amide bonds. The Morgan fingerprint density at radius 2 is 2.00 bits per heavy atom. The smallest absolute Gasteiger partial charge is 0.404 e. The van der Waals surface area contributed by atoms with Crippen molar-refractivity contribution < 1.29 is 14.3 Å². The predicted molar refractivity (Wildman–Crippen MR) is 80.3 cm³/mol. The minimum absolute atomic E-state index is 0.259. The van der Waals surface area contributed by atoms with Crippen LogP contribution in [0, 0.1) is 0 Å². The van der Waals surface area contributed by atoms with Gasteiger partial charge in [0, 0.05) is 13.1 Å². The molecule has 1 aromatic carbocycles. The quantitative estimate of drug-likeness (QED) is 0.696. The van der Waals surface area contributed by atoms with E-state index < -0.39 is 6.09 Å². The number of hydrogen-bond donors (Lipinski definition) is 2. The number of hydrogen-bond acceptors (Lipinski definition) is 4. The Kier molecular flexibility index (Phi) is 7.19. The third kappa shape index (κ3) is 5.80. The molecule has 19 heavy (non-hydrogen) atoms. The van der Waals surface area contributed by atoms with Gasteiger partial charge < -0.3 is 20.5 Å². The zero-order valence-corrected chi connectivity index (χ0v) is 13.7. The highest BCUT2D eigenvalue weighted by molar-refractivity contribution is 9.11. The molecule has 0 aliphatic heterocycles. The van der Waals surface area contributed by atoms with Gasteiger partial charge in [-0.05, 0) is 56.5 Å². The SMILES string of the molecule is CCOc1c(Br)cc(CNCCOC(N)=O)cc1Br. The van der Waals surface area contributed by atoms with Crippen LogP contribution in [-0.2, 0) is 11.3 Å². The Morgan fingerprint density at radius 3 is 2.53 bits per heavy atom. The number of ether oxygens (including phenoxy) is 2. The number of carbonyl (C=O) groups is 1. The first-order valence-electron chi connectivity index (χ1n) is 5.78. The van der Waals surface area contributed by atoms with Gasteiger partial charge in [-0.15, -0.1) is 0 Å². The van der Waals surface area contributed by atoms with Crippen LogP contribution in [0.15, 0.2) is 21.1 Å². The molecule has 0 aliphatic rings. The van der Waals surface area contributed by atoms with Crippen molar-refractivity contribution in [3.63, 3.8) is 0 Å². The van der Waals surface area contributed by atoms with E-state index in [2.05, 4.69) is 41.9 Å². The van der Waals surface area contributed by atoms with Crippen LogP contribution >= 0.6 is 31.9 Å². The number of primary amides is 1. The molecule has 0 saturated carbocycles. The van der Waals surface area contributed by atoms with Gasteiger partial charge in [-0.1, -0.05) is 0 Å². The number of benzene rings is 1. The second-order valence-electron chi connectivity index (χ2n) is 3.67. The zero-order chi connectivity index (χ0) is 14.3. The van der Waals surface area contributed by atoms with Crippen LogP contribution in [-0.4, -0.2) is 25.9 Å². The largest absolute Gasteiger partial charge is 0.492 e. The molecule has 0 aromatic heterocycles. The summed E-state index contributed by atoms with van der Waals surface area (Å²) in [5, 5.41) is 3.15. The lowest BCUT2D eigenvalue weighted by Gasteiger charge is -2.11. The number of amides is 1. The lowest BCUT2D eigenvalue weighted by molar-refractivity contribution is 0.157. The van der Waals surface area contributed by atoms with E-state index in [1.807, 2.05) is 19.1 Å². The van der Waals surface area contributed by atoms with Crippen LogP contribution in [0.2, 0.25) is 0 Å². The van der Waals surface area contributed by atoms with Crippen LogP contribution in [0.5, 0.6) is 5.75 Å². The van der Waals surface area contributed by atoms with Crippen molar-refractivity contribution in [3.05, 3.63) is 26.6 Å². The Bertz CT molecular complexity index is 418. The summed E-state index contributed by atoms with van der Waals surface area (Å²) in [5.74, 6) is 0.795. The summed E-state index contributed by atoms with van der Waals surface area (Å²) in [5.41, 5.74) is 5.94. The highest BCUT2D eigenvalue weighted by Gasteiger charge is 2.08. The molecule has 7 heteroatoms. The molecule has 106 valence electrons. The second kappa shape index (κ2) is 8.39. The lowest BCUT2D eigenvalue weighted by atomic mass is 10.2. The molecule has 0 heterocycles. The second-order valence-corrected chi connectivity index (χ2v) is 5.37. The van der Waals surface area contributed by atoms with Crippen molar-refractivity contribution in [2.75, 3.05) is 19.8 Å². The molecule has 0 fully saturated rings. The third-order valence-electron chi connectivity index (χ3n) is 2.20.